The molecule has 0 saturated carbocycles. The van der Waals surface area contributed by atoms with Gasteiger partial charge in [0.25, 0.3) is 0 Å². The van der Waals surface area contributed by atoms with Gasteiger partial charge < -0.3 is 9.47 Å². The smallest absolute Gasteiger partial charge is 0.224 e. The molecule has 12 heavy (non-hydrogen) atoms. The van der Waals surface area contributed by atoms with Crippen LogP contribution in [0.2, 0.25) is 0 Å². The molecule has 0 amide bonds. The number of fused-ring (bicyclic) bond motifs is 1. The Morgan fingerprint density at radius 2 is 1.83 bits per heavy atom. The van der Waals surface area contributed by atoms with E-state index in [1.54, 1.807) is 18.2 Å². The van der Waals surface area contributed by atoms with Crippen LogP contribution in [0.15, 0.2) is 29.1 Å². The summed E-state index contributed by atoms with van der Waals surface area (Å²) in [6.07, 6.45) is 0. The van der Waals surface area contributed by atoms with Crippen molar-refractivity contribution in [2.75, 3.05) is 13.2 Å². The Morgan fingerprint density at radius 1 is 1.08 bits per heavy atom. The van der Waals surface area contributed by atoms with E-state index in [9.17, 15) is 4.79 Å². The lowest BCUT2D eigenvalue weighted by molar-refractivity contribution is 0.170. The minimum absolute atomic E-state index is 0.130. The van der Waals surface area contributed by atoms with E-state index in [0.717, 1.165) is 0 Å². The maximum atomic E-state index is 11.3. The molecule has 0 N–H and O–H groups in total. The van der Waals surface area contributed by atoms with E-state index in [1.165, 1.54) is 6.07 Å². The Balaban J connectivity index is 2.65. The molecule has 0 saturated heterocycles. The zero-order chi connectivity index (χ0) is 8.39. The van der Waals surface area contributed by atoms with Crippen molar-refractivity contribution in [2.45, 2.75) is 0 Å². The second-order valence-corrected chi connectivity index (χ2v) is 2.47. The molecular formula is C9H8O3. The molecule has 0 bridgehead atoms. The average Bonchev–Trinajstić information content (AvgIpc) is 2.29. The van der Waals surface area contributed by atoms with E-state index >= 15 is 0 Å². The minimum Gasteiger partial charge on any atom is -0.486 e. The highest BCUT2D eigenvalue weighted by atomic mass is 16.6. The van der Waals surface area contributed by atoms with Gasteiger partial charge >= 0.3 is 0 Å². The second-order valence-electron chi connectivity index (χ2n) is 2.47. The van der Waals surface area contributed by atoms with Crippen LogP contribution in [0.25, 0.3) is 0 Å². The Labute approximate surface area is 69.6 Å². The molecule has 0 radical (unpaired) electrons. The Hall–Kier alpha value is -1.51. The molecule has 0 unspecified atom stereocenters. The Morgan fingerprint density at radius 3 is 2.75 bits per heavy atom. The Kier molecular flexibility index (Phi) is 1.70. The fraction of sp³-hybridized carbons (Fsp3) is 0.222. The molecule has 2 rings (SSSR count). The third kappa shape index (κ3) is 1.13. The van der Waals surface area contributed by atoms with E-state index in [0.29, 0.717) is 24.7 Å². The zero-order valence-electron chi connectivity index (χ0n) is 6.45. The van der Waals surface area contributed by atoms with Crippen molar-refractivity contribution in [1.29, 1.82) is 0 Å². The predicted molar refractivity (Wildman–Crippen MR) is 43.7 cm³/mol. The lowest BCUT2D eigenvalue weighted by atomic mass is 10.4. The number of hydrogen-bond acceptors (Lipinski definition) is 3. The van der Waals surface area contributed by atoms with Crippen molar-refractivity contribution in [2.24, 2.45) is 0 Å². The fourth-order valence-corrected chi connectivity index (χ4v) is 1.11. The summed E-state index contributed by atoms with van der Waals surface area (Å²) in [7, 11) is 0. The van der Waals surface area contributed by atoms with Crippen LogP contribution < -0.4 is 14.9 Å². The lowest BCUT2D eigenvalue weighted by Gasteiger charge is -2.14. The van der Waals surface area contributed by atoms with Crippen LogP contribution in [0.3, 0.4) is 0 Å². The maximum Gasteiger partial charge on any atom is 0.224 e. The molecule has 0 atom stereocenters. The molecule has 0 aromatic heterocycles. The van der Waals surface area contributed by atoms with Crippen LogP contribution >= 0.6 is 0 Å². The van der Waals surface area contributed by atoms with Gasteiger partial charge in [0, 0.05) is 0 Å². The molecule has 0 aliphatic carbocycles. The number of rotatable bonds is 0. The van der Waals surface area contributed by atoms with Gasteiger partial charge in [-0.25, -0.2) is 0 Å². The summed E-state index contributed by atoms with van der Waals surface area (Å²) in [5.41, 5.74) is -0.130. The van der Waals surface area contributed by atoms with Gasteiger partial charge in [-0.3, -0.25) is 4.79 Å². The standard InChI is InChI=1S/C9H8O3/c10-7-3-1-2-4-8-9(7)12-6-5-11-8/h1-4H,5-6H2. The first-order valence-electron chi connectivity index (χ1n) is 3.77. The molecule has 1 aromatic rings. The van der Waals surface area contributed by atoms with E-state index in [2.05, 4.69) is 0 Å². The van der Waals surface area contributed by atoms with Crippen molar-refractivity contribution in [3.8, 4) is 11.5 Å². The van der Waals surface area contributed by atoms with E-state index in [4.69, 9.17) is 9.47 Å². The van der Waals surface area contributed by atoms with Crippen LogP contribution in [-0.4, -0.2) is 13.2 Å². The molecule has 3 heteroatoms. The SMILES string of the molecule is O=c1ccccc2c1OCCO2. The van der Waals surface area contributed by atoms with Crippen LogP contribution in [0.5, 0.6) is 11.5 Å². The monoisotopic (exact) mass is 164 g/mol. The van der Waals surface area contributed by atoms with Gasteiger partial charge in [-0.1, -0.05) is 12.1 Å². The van der Waals surface area contributed by atoms with Crippen molar-refractivity contribution < 1.29 is 9.47 Å². The highest BCUT2D eigenvalue weighted by Gasteiger charge is 2.11. The zero-order valence-corrected chi connectivity index (χ0v) is 6.45. The maximum absolute atomic E-state index is 11.3. The lowest BCUT2D eigenvalue weighted by Crippen LogP contribution is -2.18. The molecule has 1 heterocycles. The van der Waals surface area contributed by atoms with Crippen LogP contribution in [-0.2, 0) is 0 Å². The topological polar surface area (TPSA) is 35.5 Å². The third-order valence-corrected chi connectivity index (χ3v) is 1.64. The van der Waals surface area contributed by atoms with Crippen LogP contribution in [0.1, 0.15) is 0 Å². The van der Waals surface area contributed by atoms with Gasteiger partial charge in [-0.05, 0) is 12.1 Å². The van der Waals surface area contributed by atoms with Crippen molar-refractivity contribution in [3.05, 3.63) is 34.5 Å². The van der Waals surface area contributed by atoms with Crippen molar-refractivity contribution in [3.63, 3.8) is 0 Å². The van der Waals surface area contributed by atoms with Gasteiger partial charge in [0.1, 0.15) is 13.2 Å². The summed E-state index contributed by atoms with van der Waals surface area (Å²) in [4.78, 5) is 11.3. The first-order chi connectivity index (χ1) is 5.88. The predicted octanol–water partition coefficient (Wildman–Crippen LogP) is 0.818. The normalized spacial score (nSPS) is 14.0. The summed E-state index contributed by atoms with van der Waals surface area (Å²) in [6.45, 7) is 0.961. The van der Waals surface area contributed by atoms with E-state index in [-0.39, 0.29) is 5.43 Å². The fourth-order valence-electron chi connectivity index (χ4n) is 1.11. The molecule has 1 aliphatic heterocycles. The molecule has 3 nitrogen and oxygen atoms in total. The van der Waals surface area contributed by atoms with Crippen molar-refractivity contribution in [1.82, 2.24) is 0 Å². The summed E-state index contributed by atoms with van der Waals surface area (Å²) in [5.74, 6) is 0.863. The van der Waals surface area contributed by atoms with Gasteiger partial charge in [0.15, 0.2) is 5.75 Å². The summed E-state index contributed by atoms with van der Waals surface area (Å²) in [6, 6.07) is 6.63. The van der Waals surface area contributed by atoms with E-state index in [1.807, 2.05) is 0 Å². The first kappa shape index (κ1) is 7.16. The number of ether oxygens (including phenoxy) is 2. The molecule has 1 aliphatic rings. The van der Waals surface area contributed by atoms with Crippen LogP contribution in [0, 0.1) is 0 Å². The third-order valence-electron chi connectivity index (χ3n) is 1.64. The molecule has 0 fully saturated rings. The number of hydrogen-bond donors (Lipinski definition) is 0. The van der Waals surface area contributed by atoms with Crippen LogP contribution in [0.4, 0.5) is 0 Å². The molecular weight excluding hydrogens is 156 g/mol. The first-order valence-corrected chi connectivity index (χ1v) is 3.77. The van der Waals surface area contributed by atoms with Gasteiger partial charge in [0.05, 0.1) is 0 Å². The summed E-state index contributed by atoms with van der Waals surface area (Å²) < 4.78 is 10.4. The van der Waals surface area contributed by atoms with Crippen molar-refractivity contribution >= 4 is 0 Å². The van der Waals surface area contributed by atoms with Gasteiger partial charge in [-0.2, -0.15) is 0 Å². The molecule has 62 valence electrons. The minimum atomic E-state index is -0.130. The highest BCUT2D eigenvalue weighted by Crippen LogP contribution is 2.23. The van der Waals surface area contributed by atoms with Gasteiger partial charge in [-0.15, -0.1) is 0 Å². The molecule has 1 aromatic carbocycles. The van der Waals surface area contributed by atoms with E-state index < -0.39 is 0 Å². The highest BCUT2D eigenvalue weighted by molar-refractivity contribution is 5.39. The second kappa shape index (κ2) is 2.85. The quantitative estimate of drug-likeness (QED) is 0.569. The Bertz CT molecular complexity index is 346. The molecule has 0 spiro atoms. The summed E-state index contributed by atoms with van der Waals surface area (Å²) in [5, 5.41) is 0. The largest absolute Gasteiger partial charge is 0.486 e. The summed E-state index contributed by atoms with van der Waals surface area (Å²) >= 11 is 0. The van der Waals surface area contributed by atoms with Gasteiger partial charge in [0.2, 0.25) is 11.2 Å². The average molecular weight is 164 g/mol.